The molecule has 132 valence electrons. The van der Waals surface area contributed by atoms with Crippen molar-refractivity contribution >= 4 is 6.29 Å². The molecule has 3 heterocycles. The summed E-state index contributed by atoms with van der Waals surface area (Å²) in [6.07, 6.45) is 4.03. The fraction of sp³-hybridized carbons (Fsp3) is 0.650. The summed E-state index contributed by atoms with van der Waals surface area (Å²) in [6.45, 7) is 1.71. The lowest BCUT2D eigenvalue weighted by atomic mass is 9.46. The van der Waals surface area contributed by atoms with Gasteiger partial charge in [-0.25, -0.2) is 0 Å². The lowest BCUT2D eigenvalue weighted by molar-refractivity contribution is -0.263. The predicted molar refractivity (Wildman–Crippen MR) is 90.2 cm³/mol. The van der Waals surface area contributed by atoms with Crippen molar-refractivity contribution in [2.24, 2.45) is 11.8 Å². The number of ether oxygens (including phenoxy) is 3. The second kappa shape index (κ2) is 4.38. The maximum absolute atomic E-state index is 12.0. The summed E-state index contributed by atoms with van der Waals surface area (Å²) < 4.78 is 18.1. The third kappa shape index (κ3) is 1.41. The molecule has 1 spiro atoms. The summed E-state index contributed by atoms with van der Waals surface area (Å²) >= 11 is 0. The first-order valence-electron chi connectivity index (χ1n) is 9.32. The molecular formula is C20H23NO4. The van der Waals surface area contributed by atoms with Crippen LogP contribution in [-0.4, -0.2) is 56.2 Å². The molecule has 3 fully saturated rings. The molecule has 5 heteroatoms. The van der Waals surface area contributed by atoms with Crippen molar-refractivity contribution in [3.05, 3.63) is 23.3 Å². The Morgan fingerprint density at radius 2 is 2.24 bits per heavy atom. The van der Waals surface area contributed by atoms with Gasteiger partial charge >= 0.3 is 0 Å². The molecule has 1 aromatic rings. The van der Waals surface area contributed by atoms with Crippen molar-refractivity contribution in [1.82, 2.24) is 4.90 Å². The molecule has 0 amide bonds. The summed E-state index contributed by atoms with van der Waals surface area (Å²) in [6, 6.07) is 4.73. The molecule has 3 aliphatic heterocycles. The third-order valence-electron chi connectivity index (χ3n) is 7.91. The van der Waals surface area contributed by atoms with E-state index >= 15 is 0 Å². The average Bonchev–Trinajstić information content (AvgIpc) is 2.93. The largest absolute Gasteiger partial charge is 0.493 e. The smallest absolute Gasteiger partial charge is 0.165 e. The molecular weight excluding hydrogens is 318 g/mol. The number of piperidine rings is 1. The molecule has 2 aliphatic carbocycles. The Labute approximate surface area is 147 Å². The van der Waals surface area contributed by atoms with E-state index in [0.717, 1.165) is 43.6 Å². The van der Waals surface area contributed by atoms with Crippen molar-refractivity contribution in [2.75, 3.05) is 27.3 Å². The quantitative estimate of drug-likeness (QED) is 0.764. The highest BCUT2D eigenvalue weighted by Gasteiger charge is 2.73. The minimum absolute atomic E-state index is 0.0234. The fourth-order valence-corrected chi connectivity index (χ4v) is 6.71. The minimum atomic E-state index is -0.637. The van der Waals surface area contributed by atoms with Crippen LogP contribution < -0.4 is 9.47 Å². The second-order valence-electron chi connectivity index (χ2n) is 8.51. The Balaban J connectivity index is 1.63. The number of aldehydes is 1. The number of hydrogen-bond acceptors (Lipinski definition) is 5. The van der Waals surface area contributed by atoms with Crippen molar-refractivity contribution in [1.29, 1.82) is 0 Å². The van der Waals surface area contributed by atoms with E-state index in [1.165, 1.54) is 11.1 Å². The molecule has 5 aliphatic rings. The highest BCUT2D eigenvalue weighted by atomic mass is 16.6. The van der Waals surface area contributed by atoms with E-state index in [4.69, 9.17) is 14.2 Å². The van der Waals surface area contributed by atoms with Gasteiger partial charge in [0, 0.05) is 17.0 Å². The molecule has 0 aromatic heterocycles. The number of rotatable bonds is 2. The summed E-state index contributed by atoms with van der Waals surface area (Å²) in [5.74, 6) is 2.33. The van der Waals surface area contributed by atoms with Gasteiger partial charge in [0.05, 0.1) is 19.6 Å². The normalized spacial score (nSPS) is 45.7. The van der Waals surface area contributed by atoms with Gasteiger partial charge in [0.15, 0.2) is 17.8 Å². The van der Waals surface area contributed by atoms with Gasteiger partial charge in [-0.15, -0.1) is 0 Å². The standard InChI is InChI=1S/C20H23NO4/c1-21-6-5-20-12-8-19(10-22)13(9-24-19)18(20)25-17-15(23-2)4-3-11(16(17)20)7-14(12)21/h3-4,10,12-14,18H,5-9H2,1-2H3/t12-,13+,14+,18-,19+,20-/m0/s1. The van der Waals surface area contributed by atoms with E-state index in [0.29, 0.717) is 18.6 Å². The van der Waals surface area contributed by atoms with Gasteiger partial charge in [-0.3, -0.25) is 0 Å². The monoisotopic (exact) mass is 341 g/mol. The Bertz CT molecular complexity index is 794. The van der Waals surface area contributed by atoms with Crippen LogP contribution >= 0.6 is 0 Å². The van der Waals surface area contributed by atoms with Crippen LogP contribution in [0.15, 0.2) is 12.1 Å². The maximum atomic E-state index is 12.0. The molecule has 6 atom stereocenters. The topological polar surface area (TPSA) is 48.0 Å². The Hall–Kier alpha value is -1.59. The molecule has 1 aromatic carbocycles. The molecule has 25 heavy (non-hydrogen) atoms. The number of carbonyl (C=O) groups excluding carboxylic acids is 1. The van der Waals surface area contributed by atoms with Crippen LogP contribution in [0, 0.1) is 11.8 Å². The average molecular weight is 341 g/mol. The minimum Gasteiger partial charge on any atom is -0.493 e. The molecule has 1 saturated carbocycles. The summed E-state index contributed by atoms with van der Waals surface area (Å²) in [7, 11) is 3.93. The first-order valence-corrected chi connectivity index (χ1v) is 9.32. The fourth-order valence-electron chi connectivity index (χ4n) is 6.71. The van der Waals surface area contributed by atoms with E-state index in [9.17, 15) is 4.79 Å². The van der Waals surface area contributed by atoms with Crippen molar-refractivity contribution < 1.29 is 19.0 Å². The first kappa shape index (κ1) is 14.6. The highest BCUT2D eigenvalue weighted by Crippen LogP contribution is 2.68. The number of fused-ring (bicyclic) bond motifs is 2. The Morgan fingerprint density at radius 3 is 2.96 bits per heavy atom. The van der Waals surface area contributed by atoms with Crippen LogP contribution in [-0.2, 0) is 21.4 Å². The number of benzene rings is 1. The van der Waals surface area contributed by atoms with E-state index in [-0.39, 0.29) is 17.4 Å². The second-order valence-corrected chi connectivity index (χ2v) is 8.51. The van der Waals surface area contributed by atoms with Crippen molar-refractivity contribution in [2.45, 2.75) is 42.4 Å². The van der Waals surface area contributed by atoms with Gasteiger partial charge < -0.3 is 23.9 Å². The number of nitrogens with zero attached hydrogens (tertiary/aromatic N) is 1. The first-order chi connectivity index (χ1) is 12.1. The van der Waals surface area contributed by atoms with Crippen LogP contribution in [0.4, 0.5) is 0 Å². The molecule has 2 bridgehead atoms. The zero-order chi connectivity index (χ0) is 17.0. The van der Waals surface area contributed by atoms with E-state index < -0.39 is 5.60 Å². The summed E-state index contributed by atoms with van der Waals surface area (Å²) in [5, 5.41) is 0. The van der Waals surface area contributed by atoms with E-state index in [1.54, 1.807) is 7.11 Å². The molecule has 2 saturated heterocycles. The van der Waals surface area contributed by atoms with Crippen LogP contribution in [0.2, 0.25) is 0 Å². The number of hydrogen-bond donors (Lipinski definition) is 0. The van der Waals surface area contributed by atoms with Crippen LogP contribution in [0.25, 0.3) is 0 Å². The molecule has 0 unspecified atom stereocenters. The van der Waals surface area contributed by atoms with Gasteiger partial charge in [0.1, 0.15) is 11.7 Å². The number of methoxy groups -OCH3 is 1. The highest BCUT2D eigenvalue weighted by molar-refractivity contribution is 5.69. The SMILES string of the molecule is COc1ccc2c3c1O[C@H]1[C@H]4CO[C@@]4(C=O)C[C@H]4[C@@H](C2)N(C)CC[C@@]341. The van der Waals surface area contributed by atoms with E-state index in [1.807, 2.05) is 6.07 Å². The molecule has 5 nitrogen and oxygen atoms in total. The maximum Gasteiger partial charge on any atom is 0.165 e. The van der Waals surface area contributed by atoms with Gasteiger partial charge in [0.25, 0.3) is 0 Å². The predicted octanol–water partition coefficient (Wildman–Crippen LogP) is 1.56. The Kier molecular flexibility index (Phi) is 2.55. The van der Waals surface area contributed by atoms with Crippen molar-refractivity contribution in [3.8, 4) is 11.5 Å². The zero-order valence-corrected chi connectivity index (χ0v) is 14.7. The Morgan fingerprint density at radius 1 is 1.36 bits per heavy atom. The van der Waals surface area contributed by atoms with E-state index in [2.05, 4.69) is 18.0 Å². The lowest BCUT2D eigenvalue weighted by Gasteiger charge is -2.65. The van der Waals surface area contributed by atoms with Crippen molar-refractivity contribution in [3.63, 3.8) is 0 Å². The molecule has 0 radical (unpaired) electrons. The number of likely N-dealkylation sites (N-methyl/N-ethyl adjacent to an activating group) is 1. The van der Waals surface area contributed by atoms with Gasteiger partial charge in [-0.05, 0) is 50.4 Å². The van der Waals surface area contributed by atoms with Gasteiger partial charge in [-0.1, -0.05) is 6.07 Å². The van der Waals surface area contributed by atoms with Crippen LogP contribution in [0.5, 0.6) is 11.5 Å². The molecule has 0 N–H and O–H groups in total. The molecule has 6 rings (SSSR count). The van der Waals surface area contributed by atoms with Gasteiger partial charge in [0.2, 0.25) is 0 Å². The summed E-state index contributed by atoms with van der Waals surface area (Å²) in [4.78, 5) is 14.5. The third-order valence-corrected chi connectivity index (χ3v) is 7.91. The van der Waals surface area contributed by atoms with Crippen LogP contribution in [0.1, 0.15) is 24.0 Å². The van der Waals surface area contributed by atoms with Gasteiger partial charge in [-0.2, -0.15) is 0 Å². The number of likely N-dealkylation sites (tertiary alicyclic amines) is 1. The van der Waals surface area contributed by atoms with Crippen LogP contribution in [0.3, 0.4) is 0 Å². The zero-order valence-electron chi connectivity index (χ0n) is 14.7. The number of carbonyl (C=O) groups is 1. The summed E-state index contributed by atoms with van der Waals surface area (Å²) in [5.41, 5.74) is 2.18. The lowest BCUT2D eigenvalue weighted by Crippen LogP contribution is -2.75.